The van der Waals surface area contributed by atoms with Gasteiger partial charge in [0.2, 0.25) is 0 Å². The molecule has 15 heavy (non-hydrogen) atoms. The van der Waals surface area contributed by atoms with E-state index in [0.717, 1.165) is 6.07 Å². The molecule has 1 rings (SSSR count). The first-order valence-electron chi connectivity index (χ1n) is 4.15. The molecule has 4 nitrogen and oxygen atoms in total. The van der Waals surface area contributed by atoms with Crippen molar-refractivity contribution in [1.29, 1.82) is 0 Å². The van der Waals surface area contributed by atoms with Crippen molar-refractivity contribution >= 4 is 15.9 Å². The van der Waals surface area contributed by atoms with Gasteiger partial charge in [0.1, 0.15) is 5.82 Å². The molecule has 0 aromatic heterocycles. The van der Waals surface area contributed by atoms with Gasteiger partial charge in [-0.25, -0.2) is 4.39 Å². The lowest BCUT2D eigenvalue weighted by Crippen LogP contribution is -2.14. The number of methoxy groups -OCH3 is 1. The SMILES string of the molecule is COc1cc(F)c(C(O)CN)c(Br)c1O. The lowest BCUT2D eigenvalue weighted by atomic mass is 10.1. The molecule has 6 heteroatoms. The number of aromatic hydroxyl groups is 1. The molecule has 4 N–H and O–H groups in total. The quantitative estimate of drug-likeness (QED) is 0.780. The number of aliphatic hydroxyl groups is 1. The maximum atomic E-state index is 13.5. The highest BCUT2D eigenvalue weighted by Crippen LogP contribution is 2.40. The standard InChI is InChI=1S/C9H11BrFNO3/c1-15-6-2-4(11)7(5(13)3-12)8(10)9(6)14/h2,5,13-14H,3,12H2,1H3. The summed E-state index contributed by atoms with van der Waals surface area (Å²) in [5, 5.41) is 19.0. The maximum Gasteiger partial charge on any atom is 0.172 e. The molecule has 84 valence electrons. The third-order valence-corrected chi connectivity index (χ3v) is 2.77. The van der Waals surface area contributed by atoms with Crippen LogP contribution in [0.15, 0.2) is 10.5 Å². The van der Waals surface area contributed by atoms with Crippen molar-refractivity contribution in [3.05, 3.63) is 21.9 Å². The third-order valence-electron chi connectivity index (χ3n) is 1.97. The second-order valence-corrected chi connectivity index (χ2v) is 3.68. The van der Waals surface area contributed by atoms with Gasteiger partial charge in [-0.2, -0.15) is 0 Å². The van der Waals surface area contributed by atoms with E-state index in [1.54, 1.807) is 0 Å². The lowest BCUT2D eigenvalue weighted by molar-refractivity contribution is 0.180. The van der Waals surface area contributed by atoms with E-state index in [0.29, 0.717) is 0 Å². The van der Waals surface area contributed by atoms with Crippen molar-refractivity contribution in [2.24, 2.45) is 5.73 Å². The first-order valence-corrected chi connectivity index (χ1v) is 4.95. The number of phenolic OH excluding ortho intramolecular Hbond substituents is 1. The Kier molecular flexibility index (Phi) is 3.90. The molecule has 0 radical (unpaired) electrons. The molecule has 0 bridgehead atoms. The first-order chi connectivity index (χ1) is 7.02. The van der Waals surface area contributed by atoms with Crippen LogP contribution in [-0.2, 0) is 0 Å². The molecule has 0 aliphatic heterocycles. The summed E-state index contributed by atoms with van der Waals surface area (Å²) >= 11 is 2.98. The van der Waals surface area contributed by atoms with Crippen molar-refractivity contribution in [3.63, 3.8) is 0 Å². The van der Waals surface area contributed by atoms with E-state index in [1.165, 1.54) is 7.11 Å². The predicted molar refractivity (Wildman–Crippen MR) is 56.3 cm³/mol. The van der Waals surface area contributed by atoms with Gasteiger partial charge in [-0.1, -0.05) is 0 Å². The van der Waals surface area contributed by atoms with Crippen LogP contribution >= 0.6 is 15.9 Å². The summed E-state index contributed by atoms with van der Waals surface area (Å²) in [5.41, 5.74) is 5.14. The van der Waals surface area contributed by atoms with Crippen LogP contribution in [0.3, 0.4) is 0 Å². The van der Waals surface area contributed by atoms with Crippen molar-refractivity contribution < 1.29 is 19.3 Å². The first kappa shape index (κ1) is 12.2. The largest absolute Gasteiger partial charge is 0.503 e. The molecule has 0 saturated carbocycles. The second kappa shape index (κ2) is 4.78. The van der Waals surface area contributed by atoms with Gasteiger partial charge in [0.15, 0.2) is 11.5 Å². The Hall–Kier alpha value is -0.850. The summed E-state index contributed by atoms with van der Waals surface area (Å²) in [6.45, 7) is -0.138. The minimum Gasteiger partial charge on any atom is -0.503 e. The second-order valence-electron chi connectivity index (χ2n) is 2.89. The Bertz CT molecular complexity index is 373. The summed E-state index contributed by atoms with van der Waals surface area (Å²) in [6.07, 6.45) is -1.17. The summed E-state index contributed by atoms with van der Waals surface area (Å²) in [5.74, 6) is -0.955. The summed E-state index contributed by atoms with van der Waals surface area (Å²) in [4.78, 5) is 0. The fourth-order valence-corrected chi connectivity index (χ4v) is 1.83. The van der Waals surface area contributed by atoms with Crippen LogP contribution in [0.5, 0.6) is 11.5 Å². The number of phenols is 1. The minimum absolute atomic E-state index is 0.00709. The van der Waals surface area contributed by atoms with Gasteiger partial charge < -0.3 is 20.7 Å². The van der Waals surface area contributed by atoms with E-state index in [4.69, 9.17) is 10.5 Å². The summed E-state index contributed by atoms with van der Waals surface area (Å²) in [6, 6.07) is 0.994. The number of hydrogen-bond donors (Lipinski definition) is 3. The Morgan fingerprint density at radius 2 is 2.27 bits per heavy atom. The van der Waals surface area contributed by atoms with Crippen LogP contribution in [0.25, 0.3) is 0 Å². The number of aliphatic hydroxyl groups excluding tert-OH is 1. The highest BCUT2D eigenvalue weighted by molar-refractivity contribution is 9.10. The van der Waals surface area contributed by atoms with E-state index >= 15 is 0 Å². The zero-order valence-electron chi connectivity index (χ0n) is 8.00. The monoisotopic (exact) mass is 279 g/mol. The molecular weight excluding hydrogens is 269 g/mol. The van der Waals surface area contributed by atoms with E-state index < -0.39 is 11.9 Å². The van der Waals surface area contributed by atoms with Crippen LogP contribution in [0, 0.1) is 5.82 Å². The van der Waals surface area contributed by atoms with Crippen molar-refractivity contribution in [2.75, 3.05) is 13.7 Å². The van der Waals surface area contributed by atoms with Gasteiger partial charge in [-0.05, 0) is 15.9 Å². The zero-order chi connectivity index (χ0) is 11.6. The Balaban J connectivity index is 3.35. The molecule has 1 aromatic rings. The van der Waals surface area contributed by atoms with Gasteiger partial charge in [0.25, 0.3) is 0 Å². The number of halogens is 2. The third kappa shape index (κ3) is 2.22. The van der Waals surface area contributed by atoms with Gasteiger partial charge in [0.05, 0.1) is 17.7 Å². The fourth-order valence-electron chi connectivity index (χ4n) is 1.18. The number of nitrogens with two attached hydrogens (primary N) is 1. The predicted octanol–water partition coefficient (Wildman–Crippen LogP) is 1.29. The van der Waals surface area contributed by atoms with Crippen LogP contribution in [0.2, 0.25) is 0 Å². The topological polar surface area (TPSA) is 75.7 Å². The van der Waals surface area contributed by atoms with Gasteiger partial charge >= 0.3 is 0 Å². The maximum absolute atomic E-state index is 13.5. The molecular formula is C9H11BrFNO3. The van der Waals surface area contributed by atoms with Crippen LogP contribution < -0.4 is 10.5 Å². The minimum atomic E-state index is -1.17. The van der Waals surface area contributed by atoms with Crippen LogP contribution in [0.1, 0.15) is 11.7 Å². The van der Waals surface area contributed by atoms with E-state index in [1.807, 2.05) is 0 Å². The smallest absolute Gasteiger partial charge is 0.172 e. The number of hydrogen-bond acceptors (Lipinski definition) is 4. The van der Waals surface area contributed by atoms with Gasteiger partial charge in [0, 0.05) is 18.2 Å². The van der Waals surface area contributed by atoms with Crippen molar-refractivity contribution in [2.45, 2.75) is 6.10 Å². The van der Waals surface area contributed by atoms with Crippen molar-refractivity contribution in [3.8, 4) is 11.5 Å². The average molecular weight is 280 g/mol. The molecule has 0 spiro atoms. The molecule has 0 fully saturated rings. The molecule has 1 aromatic carbocycles. The van der Waals surface area contributed by atoms with Crippen LogP contribution in [0.4, 0.5) is 4.39 Å². The summed E-state index contributed by atoms with van der Waals surface area (Å²) in [7, 11) is 1.31. The number of benzene rings is 1. The van der Waals surface area contributed by atoms with Gasteiger partial charge in [-0.3, -0.25) is 0 Å². The molecule has 1 atom stereocenters. The van der Waals surface area contributed by atoms with Crippen molar-refractivity contribution in [1.82, 2.24) is 0 Å². The Labute approximate surface area is 94.6 Å². The van der Waals surface area contributed by atoms with Crippen LogP contribution in [-0.4, -0.2) is 23.9 Å². The molecule has 0 saturated heterocycles. The molecule has 0 amide bonds. The van der Waals surface area contributed by atoms with E-state index in [2.05, 4.69) is 15.9 Å². The lowest BCUT2D eigenvalue weighted by Gasteiger charge is -2.14. The Morgan fingerprint density at radius 3 is 2.73 bits per heavy atom. The fraction of sp³-hybridized carbons (Fsp3) is 0.333. The normalized spacial score (nSPS) is 12.6. The number of rotatable bonds is 3. The molecule has 1 unspecified atom stereocenters. The van der Waals surface area contributed by atoms with E-state index in [9.17, 15) is 14.6 Å². The summed E-state index contributed by atoms with van der Waals surface area (Å²) < 4.78 is 18.3. The number of ether oxygens (including phenoxy) is 1. The van der Waals surface area contributed by atoms with Gasteiger partial charge in [-0.15, -0.1) is 0 Å². The molecule has 0 heterocycles. The van der Waals surface area contributed by atoms with E-state index in [-0.39, 0.29) is 28.1 Å². The highest BCUT2D eigenvalue weighted by atomic mass is 79.9. The Morgan fingerprint density at radius 1 is 1.67 bits per heavy atom. The zero-order valence-corrected chi connectivity index (χ0v) is 9.58. The highest BCUT2D eigenvalue weighted by Gasteiger charge is 2.21. The average Bonchev–Trinajstić information content (AvgIpc) is 2.23. The molecule has 0 aliphatic rings. The molecule has 0 aliphatic carbocycles.